The van der Waals surface area contributed by atoms with Crippen LogP contribution in [0, 0.1) is 5.82 Å². The fourth-order valence-corrected chi connectivity index (χ4v) is 3.39. The minimum absolute atomic E-state index is 0.130. The summed E-state index contributed by atoms with van der Waals surface area (Å²) in [6.45, 7) is 3.89. The normalized spacial score (nSPS) is 18.0. The number of methoxy groups -OCH3 is 2. The van der Waals surface area contributed by atoms with Crippen LogP contribution in [0.1, 0.15) is 16.7 Å². The summed E-state index contributed by atoms with van der Waals surface area (Å²) >= 11 is 0. The van der Waals surface area contributed by atoms with E-state index < -0.39 is 0 Å². The number of hydrogen-bond donors (Lipinski definition) is 0. The van der Waals surface area contributed by atoms with Gasteiger partial charge in [0.25, 0.3) is 0 Å². The first-order valence-electron chi connectivity index (χ1n) is 8.91. The molecule has 1 fully saturated rings. The average Bonchev–Trinajstić information content (AvgIpc) is 2.65. The summed E-state index contributed by atoms with van der Waals surface area (Å²) in [5.41, 5.74) is 3.40. The van der Waals surface area contributed by atoms with E-state index in [0.717, 1.165) is 42.9 Å². The van der Waals surface area contributed by atoms with Crippen LogP contribution in [0.5, 0.6) is 5.75 Å². The predicted molar refractivity (Wildman–Crippen MR) is 98.8 cm³/mol. The van der Waals surface area contributed by atoms with Crippen LogP contribution in [0.2, 0.25) is 0 Å². The van der Waals surface area contributed by atoms with E-state index in [2.05, 4.69) is 17.0 Å². The second kappa shape index (κ2) is 9.12. The van der Waals surface area contributed by atoms with Gasteiger partial charge in [-0.2, -0.15) is 0 Å². The van der Waals surface area contributed by atoms with E-state index in [1.54, 1.807) is 14.2 Å². The summed E-state index contributed by atoms with van der Waals surface area (Å²) in [6.07, 6.45) is 0.930. The van der Waals surface area contributed by atoms with Crippen molar-refractivity contribution >= 4 is 0 Å². The third-order valence-corrected chi connectivity index (χ3v) is 4.65. The Bertz CT molecular complexity index is 705. The second-order valence-electron chi connectivity index (χ2n) is 6.64. The molecule has 0 amide bonds. The molecule has 0 unspecified atom stereocenters. The number of hydrogen-bond acceptors (Lipinski definition) is 4. The third-order valence-electron chi connectivity index (χ3n) is 4.65. The molecular weight excluding hydrogens is 333 g/mol. The molecule has 1 atom stereocenters. The highest BCUT2D eigenvalue weighted by molar-refractivity contribution is 5.37. The molecule has 26 heavy (non-hydrogen) atoms. The maximum Gasteiger partial charge on any atom is 0.124 e. The first-order chi connectivity index (χ1) is 12.7. The van der Waals surface area contributed by atoms with Gasteiger partial charge in [0.2, 0.25) is 0 Å². The minimum atomic E-state index is -0.202. The highest BCUT2D eigenvalue weighted by atomic mass is 19.1. The zero-order chi connectivity index (χ0) is 18.4. The van der Waals surface area contributed by atoms with Crippen molar-refractivity contribution < 1.29 is 18.6 Å². The lowest BCUT2D eigenvalue weighted by Gasteiger charge is -2.33. The van der Waals surface area contributed by atoms with Gasteiger partial charge < -0.3 is 14.2 Å². The van der Waals surface area contributed by atoms with E-state index in [1.807, 2.05) is 18.2 Å². The molecule has 1 heterocycles. The van der Waals surface area contributed by atoms with Crippen LogP contribution in [-0.4, -0.2) is 44.9 Å². The fourth-order valence-electron chi connectivity index (χ4n) is 3.39. The van der Waals surface area contributed by atoms with Crippen molar-refractivity contribution in [3.05, 3.63) is 65.0 Å². The third kappa shape index (κ3) is 5.04. The maximum absolute atomic E-state index is 13.1. The Hall–Kier alpha value is -1.95. The zero-order valence-electron chi connectivity index (χ0n) is 15.4. The van der Waals surface area contributed by atoms with Gasteiger partial charge in [0, 0.05) is 32.3 Å². The van der Waals surface area contributed by atoms with Gasteiger partial charge in [0.15, 0.2) is 0 Å². The summed E-state index contributed by atoms with van der Waals surface area (Å²) in [7, 11) is 3.37. The van der Waals surface area contributed by atoms with Gasteiger partial charge in [-0.3, -0.25) is 4.90 Å². The fraction of sp³-hybridized carbons (Fsp3) is 0.429. The lowest BCUT2D eigenvalue weighted by atomic mass is 10.1. The van der Waals surface area contributed by atoms with Crippen LogP contribution in [-0.2, 0) is 29.0 Å². The summed E-state index contributed by atoms with van der Waals surface area (Å²) < 4.78 is 29.6. The Kier molecular flexibility index (Phi) is 6.61. The quantitative estimate of drug-likeness (QED) is 0.758. The van der Waals surface area contributed by atoms with E-state index in [9.17, 15) is 4.39 Å². The Balaban J connectivity index is 1.61. The van der Waals surface area contributed by atoms with Crippen molar-refractivity contribution in [3.63, 3.8) is 0 Å². The van der Waals surface area contributed by atoms with Crippen molar-refractivity contribution in [2.45, 2.75) is 25.7 Å². The topological polar surface area (TPSA) is 30.9 Å². The van der Waals surface area contributed by atoms with Gasteiger partial charge in [-0.15, -0.1) is 0 Å². The highest BCUT2D eigenvalue weighted by Crippen LogP contribution is 2.22. The monoisotopic (exact) mass is 359 g/mol. The molecule has 0 bridgehead atoms. The molecule has 0 saturated carbocycles. The van der Waals surface area contributed by atoms with Crippen LogP contribution in [0.15, 0.2) is 42.5 Å². The number of benzene rings is 2. The number of nitrogens with zero attached hydrogens (tertiary/aromatic N) is 1. The summed E-state index contributed by atoms with van der Waals surface area (Å²) in [6, 6.07) is 12.9. The molecule has 1 saturated heterocycles. The average molecular weight is 359 g/mol. The Morgan fingerprint density at radius 1 is 1.12 bits per heavy atom. The molecule has 0 radical (unpaired) electrons. The first kappa shape index (κ1) is 18.8. The Morgan fingerprint density at radius 3 is 2.62 bits per heavy atom. The van der Waals surface area contributed by atoms with Gasteiger partial charge in [-0.05, 0) is 41.8 Å². The first-order valence-corrected chi connectivity index (χ1v) is 8.91. The Labute approximate surface area is 154 Å². The van der Waals surface area contributed by atoms with Crippen molar-refractivity contribution in [2.75, 3.05) is 33.9 Å². The molecule has 5 heteroatoms. The van der Waals surface area contributed by atoms with Gasteiger partial charge in [-0.25, -0.2) is 4.39 Å². The van der Waals surface area contributed by atoms with Crippen LogP contribution >= 0.6 is 0 Å². The number of halogens is 1. The van der Waals surface area contributed by atoms with Crippen molar-refractivity contribution in [2.24, 2.45) is 0 Å². The number of ether oxygens (including phenoxy) is 3. The lowest BCUT2D eigenvalue weighted by Crippen LogP contribution is -2.42. The van der Waals surface area contributed by atoms with E-state index in [4.69, 9.17) is 14.2 Å². The zero-order valence-corrected chi connectivity index (χ0v) is 15.4. The van der Waals surface area contributed by atoms with Crippen LogP contribution < -0.4 is 4.74 Å². The minimum Gasteiger partial charge on any atom is -0.496 e. The van der Waals surface area contributed by atoms with Crippen LogP contribution in [0.3, 0.4) is 0 Å². The smallest absolute Gasteiger partial charge is 0.124 e. The maximum atomic E-state index is 13.1. The lowest BCUT2D eigenvalue weighted by molar-refractivity contribution is -0.0305. The van der Waals surface area contributed by atoms with Crippen LogP contribution in [0.4, 0.5) is 4.39 Å². The van der Waals surface area contributed by atoms with E-state index in [-0.39, 0.29) is 11.9 Å². The molecular formula is C21H26FNO3. The van der Waals surface area contributed by atoms with Gasteiger partial charge in [0.05, 0.1) is 26.4 Å². The van der Waals surface area contributed by atoms with Gasteiger partial charge in [0.1, 0.15) is 11.6 Å². The number of rotatable bonds is 7. The predicted octanol–water partition coefficient (Wildman–Crippen LogP) is 3.42. The summed E-state index contributed by atoms with van der Waals surface area (Å²) in [4.78, 5) is 2.40. The molecule has 4 nitrogen and oxygen atoms in total. The summed E-state index contributed by atoms with van der Waals surface area (Å²) in [5.74, 6) is 0.651. The van der Waals surface area contributed by atoms with Crippen molar-refractivity contribution in [1.82, 2.24) is 4.90 Å². The summed E-state index contributed by atoms with van der Waals surface area (Å²) in [5, 5.41) is 0. The molecule has 1 aliphatic heterocycles. The van der Waals surface area contributed by atoms with Crippen molar-refractivity contribution in [3.8, 4) is 5.75 Å². The molecule has 3 rings (SSSR count). The Morgan fingerprint density at radius 2 is 1.88 bits per heavy atom. The largest absolute Gasteiger partial charge is 0.496 e. The SMILES string of the molecule is COCc1cc(CN2CCO[C@H](Cc3ccc(F)cc3)C2)ccc1OC. The second-order valence-corrected chi connectivity index (χ2v) is 6.64. The molecule has 0 aromatic heterocycles. The standard InChI is InChI=1S/C21H26FNO3/c1-24-15-18-11-17(5-8-21(18)25-2)13-23-9-10-26-20(14-23)12-16-3-6-19(22)7-4-16/h3-8,11,20H,9-10,12-15H2,1-2H3/t20-/m1/s1. The van der Waals surface area contributed by atoms with E-state index >= 15 is 0 Å². The van der Waals surface area contributed by atoms with Gasteiger partial charge in [-0.1, -0.05) is 18.2 Å². The van der Waals surface area contributed by atoms with Gasteiger partial charge >= 0.3 is 0 Å². The molecule has 0 spiro atoms. The van der Waals surface area contributed by atoms with E-state index in [1.165, 1.54) is 17.7 Å². The molecule has 2 aromatic rings. The van der Waals surface area contributed by atoms with Crippen molar-refractivity contribution in [1.29, 1.82) is 0 Å². The molecule has 1 aliphatic rings. The molecule has 0 aliphatic carbocycles. The van der Waals surface area contributed by atoms with Crippen LogP contribution in [0.25, 0.3) is 0 Å². The highest BCUT2D eigenvalue weighted by Gasteiger charge is 2.21. The van der Waals surface area contributed by atoms with E-state index in [0.29, 0.717) is 13.2 Å². The molecule has 2 aromatic carbocycles. The number of morpholine rings is 1. The molecule has 0 N–H and O–H groups in total. The molecule has 140 valence electrons.